The highest BCUT2D eigenvalue weighted by Crippen LogP contribution is 2.67. The summed E-state index contributed by atoms with van der Waals surface area (Å²) in [5.41, 5.74) is 0.806. The molecule has 0 spiro atoms. The number of nitrogens with zero attached hydrogens (tertiary/aromatic N) is 1. The fraction of sp³-hybridized carbons (Fsp3) is 0.750. The first kappa shape index (κ1) is 20.3. The molecule has 4 nitrogen and oxygen atoms in total. The number of benzene rings is 1. The molecular weight excluding hydrogens is 350 g/mol. The van der Waals surface area contributed by atoms with Gasteiger partial charge in [0, 0.05) is 18.3 Å². The van der Waals surface area contributed by atoms with Crippen LogP contribution in [0.25, 0.3) is 0 Å². The molecule has 5 atom stereocenters. The molecule has 1 N–H and O–H groups in total. The van der Waals surface area contributed by atoms with Crippen LogP contribution >= 0.6 is 0 Å². The minimum atomic E-state index is -0.527. The van der Waals surface area contributed by atoms with E-state index in [1.54, 1.807) is 0 Å². The minimum absolute atomic E-state index is 0.0701. The maximum absolute atomic E-state index is 11.4. The smallest absolute Gasteiger partial charge is 0.169 e. The molecule has 2 heterocycles. The Hall–Kier alpha value is -0.940. The van der Waals surface area contributed by atoms with Crippen LogP contribution in [-0.2, 0) is 16.1 Å². The van der Waals surface area contributed by atoms with Gasteiger partial charge in [-0.1, -0.05) is 43.7 Å². The third-order valence-corrected chi connectivity index (χ3v) is 7.89. The summed E-state index contributed by atoms with van der Waals surface area (Å²) in [5, 5.41) is 11.4. The number of aliphatic hydroxyl groups excluding tert-OH is 1. The van der Waals surface area contributed by atoms with Crippen LogP contribution < -0.4 is 0 Å². The van der Waals surface area contributed by atoms with Gasteiger partial charge in [-0.05, 0) is 64.2 Å². The van der Waals surface area contributed by atoms with Crippen molar-refractivity contribution in [1.82, 2.24) is 4.90 Å². The van der Waals surface area contributed by atoms with E-state index < -0.39 is 17.5 Å². The monoisotopic (exact) mass is 387 g/mol. The number of aliphatic hydroxyl groups is 1. The first-order valence-electron chi connectivity index (χ1n) is 11.1. The van der Waals surface area contributed by atoms with Gasteiger partial charge in [0.1, 0.15) is 5.60 Å². The van der Waals surface area contributed by atoms with Crippen molar-refractivity contribution < 1.29 is 14.6 Å². The van der Waals surface area contributed by atoms with E-state index >= 15 is 0 Å². The Morgan fingerprint density at radius 2 is 2.00 bits per heavy atom. The fourth-order valence-electron chi connectivity index (χ4n) is 6.22. The molecular formula is C24H37NO3. The lowest BCUT2D eigenvalue weighted by molar-refractivity contribution is -0.421. The number of rotatable bonds is 8. The molecule has 4 aliphatic rings. The molecule has 0 aromatic heterocycles. The molecule has 5 rings (SSSR count). The lowest BCUT2D eigenvalue weighted by atomic mass is 9.48. The van der Waals surface area contributed by atoms with Crippen molar-refractivity contribution in [3.05, 3.63) is 35.9 Å². The molecule has 4 bridgehead atoms. The summed E-state index contributed by atoms with van der Waals surface area (Å²) in [5.74, 6) is 0.0596. The van der Waals surface area contributed by atoms with Crippen LogP contribution in [0.1, 0.15) is 63.9 Å². The van der Waals surface area contributed by atoms with Gasteiger partial charge in [0.25, 0.3) is 0 Å². The van der Waals surface area contributed by atoms with E-state index in [9.17, 15) is 5.11 Å². The Labute approximate surface area is 170 Å². The lowest BCUT2D eigenvalue weighted by Crippen LogP contribution is -2.73. The average Bonchev–Trinajstić information content (AvgIpc) is 2.67. The zero-order chi connectivity index (χ0) is 19.8. The quantitative estimate of drug-likeness (QED) is 0.720. The van der Waals surface area contributed by atoms with Gasteiger partial charge in [-0.25, -0.2) is 0 Å². The first-order valence-corrected chi connectivity index (χ1v) is 11.1. The fourth-order valence-corrected chi connectivity index (χ4v) is 6.22. The normalized spacial score (nSPS) is 38.0. The summed E-state index contributed by atoms with van der Waals surface area (Å²) >= 11 is 0. The van der Waals surface area contributed by atoms with E-state index in [2.05, 4.69) is 50.2 Å². The molecule has 2 aliphatic carbocycles. The molecule has 1 aromatic carbocycles. The van der Waals surface area contributed by atoms with Crippen molar-refractivity contribution in [2.24, 2.45) is 11.3 Å². The molecule has 156 valence electrons. The molecule has 2 saturated carbocycles. The number of hydrogen-bond acceptors (Lipinski definition) is 4. The van der Waals surface area contributed by atoms with Crippen molar-refractivity contribution in [2.45, 2.75) is 82.4 Å². The van der Waals surface area contributed by atoms with Crippen molar-refractivity contribution in [3.63, 3.8) is 0 Å². The second-order valence-electron chi connectivity index (χ2n) is 9.85. The Kier molecular flexibility index (Phi) is 5.60. The van der Waals surface area contributed by atoms with Gasteiger partial charge in [0.2, 0.25) is 0 Å². The molecule has 0 amide bonds. The van der Waals surface area contributed by atoms with E-state index in [-0.39, 0.29) is 5.41 Å². The van der Waals surface area contributed by atoms with Gasteiger partial charge < -0.3 is 19.5 Å². The summed E-state index contributed by atoms with van der Waals surface area (Å²) in [6.45, 7) is 3.96. The second kappa shape index (κ2) is 7.71. The minimum Gasteiger partial charge on any atom is -0.390 e. The van der Waals surface area contributed by atoms with Crippen LogP contribution in [0, 0.1) is 11.3 Å². The van der Waals surface area contributed by atoms with Crippen molar-refractivity contribution in [2.75, 3.05) is 20.6 Å². The number of hydrogen-bond donors (Lipinski definition) is 1. The summed E-state index contributed by atoms with van der Waals surface area (Å²) < 4.78 is 13.4. The molecule has 4 fully saturated rings. The maximum Gasteiger partial charge on any atom is 0.169 e. The third kappa shape index (κ3) is 3.43. The summed E-state index contributed by atoms with van der Waals surface area (Å²) in [7, 11) is 4.18. The average molecular weight is 388 g/mol. The third-order valence-electron chi connectivity index (χ3n) is 7.89. The van der Waals surface area contributed by atoms with E-state index in [4.69, 9.17) is 9.47 Å². The molecule has 1 aromatic rings. The standard InChI is InChI=1S/C24H37NO3/c1-22-14-15-23(27-18-19-9-5-4-6-10-19)17-20(22)11-7-13-24(22,28-23)21(26)12-8-16-25(2)3/h4-6,9-10,20-21,26H,7-8,11-18H2,1-3H3/t20?,21-,22?,23-,24+/m1/s1. The molecule has 2 aliphatic heterocycles. The van der Waals surface area contributed by atoms with E-state index in [1.165, 1.54) is 12.0 Å². The maximum atomic E-state index is 11.4. The molecule has 4 heteroatoms. The highest BCUT2D eigenvalue weighted by molar-refractivity contribution is 5.17. The van der Waals surface area contributed by atoms with E-state index in [1.807, 2.05) is 6.07 Å². The van der Waals surface area contributed by atoms with Gasteiger partial charge >= 0.3 is 0 Å². The predicted octanol–water partition coefficient (Wildman–Crippen LogP) is 4.36. The van der Waals surface area contributed by atoms with Crippen LogP contribution in [0.15, 0.2) is 30.3 Å². The topological polar surface area (TPSA) is 41.9 Å². The van der Waals surface area contributed by atoms with Gasteiger partial charge in [-0.2, -0.15) is 0 Å². The summed E-state index contributed by atoms with van der Waals surface area (Å²) in [4.78, 5) is 2.19. The predicted molar refractivity (Wildman–Crippen MR) is 111 cm³/mol. The zero-order valence-corrected chi connectivity index (χ0v) is 17.8. The highest BCUT2D eigenvalue weighted by atomic mass is 16.7. The van der Waals surface area contributed by atoms with Crippen molar-refractivity contribution in [3.8, 4) is 0 Å². The molecule has 0 radical (unpaired) electrons. The van der Waals surface area contributed by atoms with E-state index in [0.29, 0.717) is 12.5 Å². The SMILES string of the molecule is CN(C)CCC[C@@H](O)[C@@]12CCCC3C[C@@](OCc4ccccc4)(CCC31C)O2. The Morgan fingerprint density at radius 3 is 2.75 bits per heavy atom. The van der Waals surface area contributed by atoms with E-state index in [0.717, 1.165) is 51.5 Å². The molecule has 2 unspecified atom stereocenters. The molecule has 2 saturated heterocycles. The van der Waals surface area contributed by atoms with Crippen molar-refractivity contribution in [1.29, 1.82) is 0 Å². The van der Waals surface area contributed by atoms with Crippen molar-refractivity contribution >= 4 is 0 Å². The van der Waals surface area contributed by atoms with Crippen LogP contribution in [0.4, 0.5) is 0 Å². The summed E-state index contributed by atoms with van der Waals surface area (Å²) in [6.07, 6.45) is 7.74. The van der Waals surface area contributed by atoms with Crippen LogP contribution in [0.3, 0.4) is 0 Å². The van der Waals surface area contributed by atoms with Crippen LogP contribution in [0.5, 0.6) is 0 Å². The Bertz CT molecular complexity index is 665. The van der Waals surface area contributed by atoms with Gasteiger partial charge in [-0.3, -0.25) is 0 Å². The first-order chi connectivity index (χ1) is 13.4. The van der Waals surface area contributed by atoms with Gasteiger partial charge in [0.05, 0.1) is 12.7 Å². The van der Waals surface area contributed by atoms with Gasteiger partial charge in [0.15, 0.2) is 5.79 Å². The second-order valence-corrected chi connectivity index (χ2v) is 9.85. The van der Waals surface area contributed by atoms with Crippen LogP contribution in [0.2, 0.25) is 0 Å². The Morgan fingerprint density at radius 1 is 1.21 bits per heavy atom. The largest absolute Gasteiger partial charge is 0.390 e. The summed E-state index contributed by atoms with van der Waals surface area (Å²) in [6, 6.07) is 10.4. The van der Waals surface area contributed by atoms with Gasteiger partial charge in [-0.15, -0.1) is 0 Å². The number of fused-ring (bicyclic) bond motifs is 1. The Balaban J connectivity index is 1.53. The zero-order valence-electron chi connectivity index (χ0n) is 17.8. The van der Waals surface area contributed by atoms with Crippen LogP contribution in [-0.4, -0.2) is 48.1 Å². The highest BCUT2D eigenvalue weighted by Gasteiger charge is 2.69. The molecule has 28 heavy (non-hydrogen) atoms. The number of ether oxygens (including phenoxy) is 2. The lowest BCUT2D eigenvalue weighted by Gasteiger charge is -2.69.